The van der Waals surface area contributed by atoms with Gasteiger partial charge in [0.1, 0.15) is 0 Å². The van der Waals surface area contributed by atoms with Crippen LogP contribution in [0.4, 0.5) is 18.9 Å². The van der Waals surface area contributed by atoms with Crippen molar-refractivity contribution in [2.75, 3.05) is 18.4 Å². The summed E-state index contributed by atoms with van der Waals surface area (Å²) in [5.41, 5.74) is 0.0864. The second kappa shape index (κ2) is 8.77. The minimum atomic E-state index is -4.42. The molecule has 1 fully saturated rings. The number of halogens is 3. The van der Waals surface area contributed by atoms with Gasteiger partial charge in [-0.2, -0.15) is 17.5 Å². The first kappa shape index (κ1) is 22.3. The third-order valence-corrected chi connectivity index (χ3v) is 6.92. The van der Waals surface area contributed by atoms with E-state index in [4.69, 9.17) is 0 Å². The fourth-order valence-electron chi connectivity index (χ4n) is 3.43. The molecule has 0 radical (unpaired) electrons. The Morgan fingerprint density at radius 3 is 2.30 bits per heavy atom. The smallest absolute Gasteiger partial charge is 0.326 e. The molecule has 1 unspecified atom stereocenters. The Balaban J connectivity index is 1.62. The van der Waals surface area contributed by atoms with Crippen LogP contribution < -0.4 is 5.32 Å². The minimum Gasteiger partial charge on any atom is -0.326 e. The van der Waals surface area contributed by atoms with Gasteiger partial charge in [-0.05, 0) is 60.7 Å². The summed E-state index contributed by atoms with van der Waals surface area (Å²) in [6, 6.07) is 10.3. The lowest BCUT2D eigenvalue weighted by Crippen LogP contribution is -2.39. The largest absolute Gasteiger partial charge is 0.416 e. The van der Waals surface area contributed by atoms with Gasteiger partial charge in [0.15, 0.2) is 0 Å². The summed E-state index contributed by atoms with van der Waals surface area (Å²) >= 11 is 0. The highest BCUT2D eigenvalue weighted by Gasteiger charge is 2.30. The lowest BCUT2D eigenvalue weighted by atomic mass is 10.0. The first-order chi connectivity index (χ1) is 14.1. The molecule has 1 aliphatic rings. The second-order valence-electron chi connectivity index (χ2n) is 7.55. The zero-order valence-corrected chi connectivity index (χ0v) is 17.3. The lowest BCUT2D eigenvalue weighted by molar-refractivity contribution is -0.137. The number of nitrogens with one attached hydrogen (secondary N) is 1. The number of carbonyl (C=O) groups excluding carboxylic acids is 1. The first-order valence-corrected chi connectivity index (χ1v) is 11.1. The molecule has 2 aromatic rings. The van der Waals surface area contributed by atoms with Crippen LogP contribution >= 0.6 is 0 Å². The van der Waals surface area contributed by atoms with Crippen LogP contribution in [0.5, 0.6) is 0 Å². The summed E-state index contributed by atoms with van der Waals surface area (Å²) < 4.78 is 64.8. The van der Waals surface area contributed by atoms with Gasteiger partial charge in [0.25, 0.3) is 0 Å². The monoisotopic (exact) mass is 440 g/mol. The van der Waals surface area contributed by atoms with E-state index in [1.54, 1.807) is 0 Å². The summed E-state index contributed by atoms with van der Waals surface area (Å²) in [7, 11) is -3.58. The van der Waals surface area contributed by atoms with Gasteiger partial charge < -0.3 is 5.32 Å². The van der Waals surface area contributed by atoms with Crippen molar-refractivity contribution < 1.29 is 26.4 Å². The summed E-state index contributed by atoms with van der Waals surface area (Å²) in [4.78, 5) is 12.3. The van der Waals surface area contributed by atoms with E-state index in [0.717, 1.165) is 25.0 Å². The van der Waals surface area contributed by atoms with Crippen LogP contribution in [0.1, 0.15) is 30.9 Å². The van der Waals surface area contributed by atoms with E-state index in [2.05, 4.69) is 5.32 Å². The summed E-state index contributed by atoms with van der Waals surface area (Å²) in [5, 5.41) is 2.63. The van der Waals surface area contributed by atoms with Crippen molar-refractivity contribution in [1.82, 2.24) is 4.31 Å². The number of anilines is 1. The van der Waals surface area contributed by atoms with Gasteiger partial charge >= 0.3 is 6.18 Å². The van der Waals surface area contributed by atoms with E-state index in [1.165, 1.54) is 40.7 Å². The Morgan fingerprint density at radius 1 is 1.10 bits per heavy atom. The van der Waals surface area contributed by atoms with Crippen molar-refractivity contribution >= 4 is 21.6 Å². The number of amides is 1. The summed E-state index contributed by atoms with van der Waals surface area (Å²) in [6.45, 7) is 3.02. The molecule has 1 amide bonds. The molecule has 2 aromatic carbocycles. The van der Waals surface area contributed by atoms with Gasteiger partial charge in [-0.3, -0.25) is 4.79 Å². The summed E-state index contributed by atoms with van der Waals surface area (Å²) in [5.74, 6) is -0.0903. The van der Waals surface area contributed by atoms with E-state index in [0.29, 0.717) is 30.3 Å². The van der Waals surface area contributed by atoms with Crippen molar-refractivity contribution in [3.63, 3.8) is 0 Å². The van der Waals surface area contributed by atoms with Gasteiger partial charge in [0.05, 0.1) is 16.9 Å². The Morgan fingerprint density at radius 2 is 1.73 bits per heavy atom. The first-order valence-electron chi connectivity index (χ1n) is 9.62. The van der Waals surface area contributed by atoms with E-state index >= 15 is 0 Å². The van der Waals surface area contributed by atoms with Gasteiger partial charge in [-0.25, -0.2) is 8.42 Å². The second-order valence-corrected chi connectivity index (χ2v) is 9.49. The fraction of sp³-hybridized carbons (Fsp3) is 0.381. The standard InChI is InChI=1S/C21H23F3N2O3S/c1-15-3-2-12-26(14-15)30(28,29)19-10-8-18(9-11-19)25-20(27)13-16-4-6-17(7-5-16)21(22,23)24/h4-11,15H,2-3,12-14H2,1H3,(H,25,27). The number of alkyl halides is 3. The normalized spacial score (nSPS) is 18.2. The predicted molar refractivity (Wildman–Crippen MR) is 107 cm³/mol. The van der Waals surface area contributed by atoms with Gasteiger partial charge in [-0.15, -0.1) is 0 Å². The average Bonchev–Trinajstić information content (AvgIpc) is 2.68. The van der Waals surface area contributed by atoms with E-state index in [1.807, 2.05) is 6.92 Å². The lowest BCUT2D eigenvalue weighted by Gasteiger charge is -2.30. The number of carbonyl (C=O) groups is 1. The zero-order chi connectivity index (χ0) is 21.9. The van der Waals surface area contributed by atoms with Crippen LogP contribution in [0.3, 0.4) is 0 Å². The third-order valence-electron chi connectivity index (χ3n) is 5.04. The quantitative estimate of drug-likeness (QED) is 0.754. The maximum atomic E-state index is 12.8. The van der Waals surface area contributed by atoms with Crippen molar-refractivity contribution in [3.05, 3.63) is 59.7 Å². The van der Waals surface area contributed by atoms with Crippen LogP contribution in [-0.2, 0) is 27.4 Å². The number of piperidine rings is 1. The van der Waals surface area contributed by atoms with Crippen molar-refractivity contribution in [2.45, 2.75) is 37.3 Å². The Labute approximate surface area is 173 Å². The molecule has 3 rings (SSSR count). The van der Waals surface area contributed by atoms with Crippen LogP contribution in [-0.4, -0.2) is 31.7 Å². The van der Waals surface area contributed by atoms with Gasteiger partial charge in [0, 0.05) is 18.8 Å². The van der Waals surface area contributed by atoms with Crippen molar-refractivity contribution in [1.29, 1.82) is 0 Å². The van der Waals surface area contributed by atoms with E-state index in [9.17, 15) is 26.4 Å². The molecule has 1 aliphatic heterocycles. The number of sulfonamides is 1. The zero-order valence-electron chi connectivity index (χ0n) is 16.4. The van der Waals surface area contributed by atoms with E-state index in [-0.39, 0.29) is 11.3 Å². The van der Waals surface area contributed by atoms with E-state index < -0.39 is 27.7 Å². The number of hydrogen-bond acceptors (Lipinski definition) is 3. The molecular weight excluding hydrogens is 417 g/mol. The molecule has 30 heavy (non-hydrogen) atoms. The van der Waals surface area contributed by atoms with Crippen LogP contribution in [0.15, 0.2) is 53.4 Å². The Hall–Kier alpha value is -2.39. The predicted octanol–water partition coefficient (Wildman–Crippen LogP) is 4.31. The van der Waals surface area contributed by atoms with Crippen LogP contribution in [0.25, 0.3) is 0 Å². The molecular formula is C21H23F3N2O3S. The molecule has 0 aliphatic carbocycles. The minimum absolute atomic E-state index is 0.0934. The number of rotatable bonds is 5. The molecule has 0 spiro atoms. The SMILES string of the molecule is CC1CCCN(S(=O)(=O)c2ccc(NC(=O)Cc3ccc(C(F)(F)F)cc3)cc2)C1. The van der Waals surface area contributed by atoms with Crippen LogP contribution in [0, 0.1) is 5.92 Å². The number of nitrogens with zero attached hydrogens (tertiary/aromatic N) is 1. The van der Waals surface area contributed by atoms with Crippen molar-refractivity contribution in [3.8, 4) is 0 Å². The molecule has 1 heterocycles. The van der Waals surface area contributed by atoms with Crippen molar-refractivity contribution in [2.24, 2.45) is 5.92 Å². The molecule has 0 aromatic heterocycles. The molecule has 0 bridgehead atoms. The highest BCUT2D eigenvalue weighted by Crippen LogP contribution is 2.29. The molecule has 1 N–H and O–H groups in total. The average molecular weight is 440 g/mol. The molecule has 0 saturated carbocycles. The highest BCUT2D eigenvalue weighted by molar-refractivity contribution is 7.89. The third kappa shape index (κ3) is 5.40. The number of hydrogen-bond donors (Lipinski definition) is 1. The Bertz CT molecular complexity index is 988. The maximum Gasteiger partial charge on any atom is 0.416 e. The van der Waals surface area contributed by atoms with Gasteiger partial charge in [-0.1, -0.05) is 19.1 Å². The molecule has 1 saturated heterocycles. The maximum absolute atomic E-state index is 12.8. The molecule has 9 heteroatoms. The topological polar surface area (TPSA) is 66.5 Å². The summed E-state index contributed by atoms with van der Waals surface area (Å²) in [6.07, 6.45) is -2.67. The van der Waals surface area contributed by atoms with Crippen LogP contribution in [0.2, 0.25) is 0 Å². The highest BCUT2D eigenvalue weighted by atomic mass is 32.2. The molecule has 1 atom stereocenters. The molecule has 162 valence electrons. The van der Waals surface area contributed by atoms with Gasteiger partial charge in [0.2, 0.25) is 15.9 Å². The molecule has 5 nitrogen and oxygen atoms in total. The number of benzene rings is 2. The fourth-order valence-corrected chi connectivity index (χ4v) is 5.02. The Kier molecular flexibility index (Phi) is 6.52.